The molecule has 1 aliphatic heterocycles. The first-order chi connectivity index (χ1) is 17.0. The second-order valence-corrected chi connectivity index (χ2v) is 8.94. The Morgan fingerprint density at radius 2 is 1.77 bits per heavy atom. The standard InChI is InChI=1S/C28H25ClN4O2/c1-4-19-10-12-21(13-11-19)26-31-27(35-32-26)24-18(3)33(22-14-15-23(29)17(2)16-22)28(34)30-25(24)20-8-6-5-7-9-20/h5-16,25H,4H2,1-3H3,(H,30,34). The van der Waals surface area contributed by atoms with Gasteiger partial charge in [-0.05, 0) is 55.2 Å². The highest BCUT2D eigenvalue weighted by Gasteiger charge is 2.36. The third-order valence-corrected chi connectivity index (χ3v) is 6.72. The summed E-state index contributed by atoms with van der Waals surface area (Å²) in [7, 11) is 0. The van der Waals surface area contributed by atoms with Gasteiger partial charge in [0.1, 0.15) is 0 Å². The van der Waals surface area contributed by atoms with Crippen LogP contribution in [0.25, 0.3) is 17.0 Å². The number of halogens is 1. The van der Waals surface area contributed by atoms with Crippen molar-refractivity contribution in [3.8, 4) is 11.4 Å². The highest BCUT2D eigenvalue weighted by atomic mass is 35.5. The van der Waals surface area contributed by atoms with Crippen LogP contribution in [0.2, 0.25) is 5.02 Å². The normalized spacial score (nSPS) is 15.9. The van der Waals surface area contributed by atoms with Crippen molar-refractivity contribution in [1.29, 1.82) is 0 Å². The summed E-state index contributed by atoms with van der Waals surface area (Å²) in [5, 5.41) is 8.02. The van der Waals surface area contributed by atoms with E-state index in [1.165, 1.54) is 5.56 Å². The fraction of sp³-hybridized carbons (Fsp3) is 0.179. The van der Waals surface area contributed by atoms with E-state index in [9.17, 15) is 4.79 Å². The van der Waals surface area contributed by atoms with Gasteiger partial charge in [-0.2, -0.15) is 4.98 Å². The minimum Gasteiger partial charge on any atom is -0.334 e. The summed E-state index contributed by atoms with van der Waals surface area (Å²) in [6.07, 6.45) is 0.961. The molecule has 35 heavy (non-hydrogen) atoms. The van der Waals surface area contributed by atoms with Crippen LogP contribution in [0.4, 0.5) is 10.5 Å². The summed E-state index contributed by atoms with van der Waals surface area (Å²) < 4.78 is 5.78. The Hall–Kier alpha value is -3.90. The number of rotatable bonds is 5. The third kappa shape index (κ3) is 4.33. The summed E-state index contributed by atoms with van der Waals surface area (Å²) in [6, 6.07) is 22.7. The molecule has 0 spiro atoms. The van der Waals surface area contributed by atoms with Crippen LogP contribution in [-0.4, -0.2) is 16.2 Å². The molecule has 1 unspecified atom stereocenters. The molecule has 1 aliphatic rings. The van der Waals surface area contributed by atoms with Crippen LogP contribution in [0.15, 0.2) is 83.0 Å². The van der Waals surface area contributed by atoms with Crippen LogP contribution in [0, 0.1) is 6.92 Å². The Kier molecular flexibility index (Phi) is 6.14. The molecule has 2 heterocycles. The van der Waals surface area contributed by atoms with E-state index >= 15 is 0 Å². The van der Waals surface area contributed by atoms with Crippen molar-refractivity contribution in [2.75, 3.05) is 4.90 Å². The zero-order chi connectivity index (χ0) is 24.5. The molecular weight excluding hydrogens is 460 g/mol. The summed E-state index contributed by atoms with van der Waals surface area (Å²) in [4.78, 5) is 19.7. The number of hydrogen-bond acceptors (Lipinski definition) is 4. The largest absolute Gasteiger partial charge is 0.334 e. The molecule has 0 bridgehead atoms. The SMILES string of the molecule is CCc1ccc(-c2noc(C3=C(C)N(c4ccc(Cl)c(C)c4)C(=O)NC3c3ccccc3)n2)cc1. The average Bonchev–Trinajstić information content (AvgIpc) is 3.36. The second-order valence-electron chi connectivity index (χ2n) is 8.53. The molecule has 0 aliphatic carbocycles. The van der Waals surface area contributed by atoms with Crippen LogP contribution in [-0.2, 0) is 6.42 Å². The highest BCUT2D eigenvalue weighted by Crippen LogP contribution is 2.39. The van der Waals surface area contributed by atoms with Crippen LogP contribution in [0.1, 0.15) is 42.5 Å². The van der Waals surface area contributed by atoms with Gasteiger partial charge in [0.05, 0.1) is 17.3 Å². The third-order valence-electron chi connectivity index (χ3n) is 6.29. The zero-order valence-electron chi connectivity index (χ0n) is 19.7. The fourth-order valence-corrected chi connectivity index (χ4v) is 4.45. The van der Waals surface area contributed by atoms with E-state index in [-0.39, 0.29) is 6.03 Å². The molecular formula is C28H25ClN4O2. The number of amides is 2. The van der Waals surface area contributed by atoms with E-state index in [0.717, 1.165) is 28.7 Å². The maximum Gasteiger partial charge on any atom is 0.326 e. The van der Waals surface area contributed by atoms with Crippen LogP contribution in [0.5, 0.6) is 0 Å². The summed E-state index contributed by atoms with van der Waals surface area (Å²) in [6.45, 7) is 5.92. The Morgan fingerprint density at radius 3 is 2.46 bits per heavy atom. The molecule has 4 aromatic rings. The topological polar surface area (TPSA) is 71.3 Å². The van der Waals surface area contributed by atoms with Gasteiger partial charge in [0, 0.05) is 16.3 Å². The molecule has 2 amide bonds. The molecule has 0 saturated heterocycles. The molecule has 1 atom stereocenters. The molecule has 0 fully saturated rings. The number of aryl methyl sites for hydroxylation is 2. The lowest BCUT2D eigenvalue weighted by atomic mass is 9.94. The highest BCUT2D eigenvalue weighted by molar-refractivity contribution is 6.31. The smallest absolute Gasteiger partial charge is 0.326 e. The van der Waals surface area contributed by atoms with Crippen molar-refractivity contribution in [2.24, 2.45) is 0 Å². The molecule has 7 heteroatoms. The molecule has 0 saturated carbocycles. The van der Waals surface area contributed by atoms with E-state index in [0.29, 0.717) is 28.1 Å². The molecule has 176 valence electrons. The van der Waals surface area contributed by atoms with Crippen molar-refractivity contribution in [3.63, 3.8) is 0 Å². The predicted octanol–water partition coefficient (Wildman–Crippen LogP) is 6.96. The number of carbonyl (C=O) groups is 1. The zero-order valence-corrected chi connectivity index (χ0v) is 20.5. The van der Waals surface area contributed by atoms with Crippen molar-refractivity contribution in [2.45, 2.75) is 33.2 Å². The second kappa shape index (κ2) is 9.39. The van der Waals surface area contributed by atoms with Crippen LogP contribution < -0.4 is 10.2 Å². The van der Waals surface area contributed by atoms with Gasteiger partial charge in [0.15, 0.2) is 0 Å². The number of urea groups is 1. The predicted molar refractivity (Wildman–Crippen MR) is 138 cm³/mol. The molecule has 1 aromatic heterocycles. The number of nitrogens with zero attached hydrogens (tertiary/aromatic N) is 3. The number of aromatic nitrogens is 2. The van der Waals surface area contributed by atoms with Crippen molar-refractivity contribution in [3.05, 3.63) is 106 Å². The Bertz CT molecular complexity index is 1410. The molecule has 1 N–H and O–H groups in total. The minimum atomic E-state index is -0.441. The first-order valence-electron chi connectivity index (χ1n) is 11.5. The van der Waals surface area contributed by atoms with E-state index in [2.05, 4.69) is 29.5 Å². The van der Waals surface area contributed by atoms with Crippen molar-refractivity contribution in [1.82, 2.24) is 15.5 Å². The Labute approximate surface area is 209 Å². The molecule has 3 aromatic carbocycles. The van der Waals surface area contributed by atoms with Gasteiger partial charge >= 0.3 is 6.03 Å². The van der Waals surface area contributed by atoms with Crippen LogP contribution in [0.3, 0.4) is 0 Å². The average molecular weight is 485 g/mol. The maximum atomic E-state index is 13.3. The first-order valence-corrected chi connectivity index (χ1v) is 11.9. The van der Waals surface area contributed by atoms with E-state index in [1.54, 1.807) is 11.0 Å². The van der Waals surface area contributed by atoms with Gasteiger partial charge in [-0.15, -0.1) is 0 Å². The molecule has 5 rings (SSSR count). The van der Waals surface area contributed by atoms with E-state index in [1.807, 2.05) is 68.4 Å². The Balaban J connectivity index is 1.63. The van der Waals surface area contributed by atoms with Gasteiger partial charge in [-0.1, -0.05) is 78.3 Å². The Morgan fingerprint density at radius 1 is 1.03 bits per heavy atom. The quantitative estimate of drug-likeness (QED) is 0.332. The monoisotopic (exact) mass is 484 g/mol. The first kappa shape index (κ1) is 22.9. The number of nitrogens with one attached hydrogen (secondary N) is 1. The lowest BCUT2D eigenvalue weighted by molar-refractivity contribution is 0.244. The van der Waals surface area contributed by atoms with Gasteiger partial charge in [-0.3, -0.25) is 4.90 Å². The number of benzene rings is 3. The van der Waals surface area contributed by atoms with Gasteiger partial charge in [0.2, 0.25) is 5.82 Å². The summed E-state index contributed by atoms with van der Waals surface area (Å²) in [5.74, 6) is 0.863. The lowest BCUT2D eigenvalue weighted by Crippen LogP contribution is -2.46. The molecule has 6 nitrogen and oxygen atoms in total. The number of allylic oxidation sites excluding steroid dienone is 1. The fourth-order valence-electron chi connectivity index (χ4n) is 4.33. The van der Waals surface area contributed by atoms with Crippen LogP contribution >= 0.6 is 11.6 Å². The van der Waals surface area contributed by atoms with Crippen molar-refractivity contribution >= 4 is 28.9 Å². The van der Waals surface area contributed by atoms with E-state index in [4.69, 9.17) is 21.1 Å². The molecule has 0 radical (unpaired) electrons. The van der Waals surface area contributed by atoms with Gasteiger partial charge in [-0.25, -0.2) is 4.79 Å². The maximum absolute atomic E-state index is 13.3. The number of carbonyl (C=O) groups excluding carboxylic acids is 1. The summed E-state index contributed by atoms with van der Waals surface area (Å²) in [5.41, 5.74) is 6.08. The van der Waals surface area contributed by atoms with Gasteiger partial charge < -0.3 is 9.84 Å². The minimum absolute atomic E-state index is 0.239. The summed E-state index contributed by atoms with van der Waals surface area (Å²) >= 11 is 6.24. The van der Waals surface area contributed by atoms with Gasteiger partial charge in [0.25, 0.3) is 5.89 Å². The number of hydrogen-bond donors (Lipinski definition) is 1. The van der Waals surface area contributed by atoms with E-state index < -0.39 is 6.04 Å². The van der Waals surface area contributed by atoms with Crippen molar-refractivity contribution < 1.29 is 9.32 Å². The number of anilines is 1. The lowest BCUT2D eigenvalue weighted by Gasteiger charge is -2.35.